The fourth-order valence-corrected chi connectivity index (χ4v) is 0. The number of aliphatic hydroxyl groups excluding tert-OH is 4. The van der Waals surface area contributed by atoms with Crippen molar-refractivity contribution < 1.29 is 42.8 Å². The molecule has 0 aromatic carbocycles. The average molecular weight is 369 g/mol. The molecule has 0 aliphatic rings. The molecule has 1 radical (unpaired) electrons. The van der Waals surface area contributed by atoms with E-state index in [4.69, 9.17) is 20.4 Å². The Bertz CT molecular complexity index is 16.1. The van der Waals surface area contributed by atoms with E-state index in [0.717, 1.165) is 28.4 Å². The molecule has 4 N–H and O–H groups in total. The molecule has 0 aromatic rings. The maximum Gasteiger partial charge on any atom is 0.0319 e. The van der Waals surface area contributed by atoms with Gasteiger partial charge in [0.25, 0.3) is 0 Å². The molecular formula is C8H28O4Ta-4. The van der Waals surface area contributed by atoms with E-state index in [0.29, 0.717) is 0 Å². The SMILES string of the molecule is CO.CO.CO.CO.[CH3-].[CH3-].[CH3-].[CH3-].[Ta]. The van der Waals surface area contributed by atoms with Crippen LogP contribution in [-0.2, 0) is 22.4 Å². The van der Waals surface area contributed by atoms with Gasteiger partial charge in [0.2, 0.25) is 0 Å². The second kappa shape index (κ2) is 5010. The van der Waals surface area contributed by atoms with E-state index in [-0.39, 0.29) is 52.1 Å². The van der Waals surface area contributed by atoms with Gasteiger partial charge in [-0.2, -0.15) is 0 Å². The van der Waals surface area contributed by atoms with Gasteiger partial charge in [-0.3, -0.25) is 0 Å². The quantitative estimate of drug-likeness (QED) is 0.461. The van der Waals surface area contributed by atoms with Crippen molar-refractivity contribution in [1.29, 1.82) is 0 Å². The first kappa shape index (κ1) is 102. The molecule has 0 heterocycles. The Balaban J connectivity index is -0.00000000208. The van der Waals surface area contributed by atoms with E-state index in [1.165, 1.54) is 0 Å². The molecule has 4 nitrogen and oxygen atoms in total. The molecule has 0 aliphatic carbocycles. The smallest absolute Gasteiger partial charge is 0.0319 e. The minimum atomic E-state index is 0. The van der Waals surface area contributed by atoms with Gasteiger partial charge in [0.1, 0.15) is 0 Å². The Kier molecular flexibility index (Phi) is 39500. The number of rotatable bonds is 0. The van der Waals surface area contributed by atoms with E-state index in [1.54, 1.807) is 0 Å². The van der Waals surface area contributed by atoms with Gasteiger partial charge >= 0.3 is 0 Å². The van der Waals surface area contributed by atoms with Crippen LogP contribution in [-0.4, -0.2) is 48.9 Å². The van der Waals surface area contributed by atoms with Gasteiger partial charge in [0, 0.05) is 50.8 Å². The Hall–Kier alpha value is 0.580. The molecule has 0 rings (SSSR count). The van der Waals surface area contributed by atoms with Crippen molar-refractivity contribution in [2.24, 2.45) is 0 Å². The first-order chi connectivity index (χ1) is 4.00. The van der Waals surface area contributed by atoms with Crippen molar-refractivity contribution >= 4 is 0 Å². The van der Waals surface area contributed by atoms with E-state index < -0.39 is 0 Å². The van der Waals surface area contributed by atoms with Gasteiger partial charge in [-0.25, -0.2) is 0 Å². The molecule has 0 spiro atoms. The third-order valence-electron chi connectivity index (χ3n) is 0. The second-order valence-electron chi connectivity index (χ2n) is 0. The zero-order valence-corrected chi connectivity index (χ0v) is 13.4. The summed E-state index contributed by atoms with van der Waals surface area (Å²) in [6.07, 6.45) is 0. The van der Waals surface area contributed by atoms with Crippen LogP contribution >= 0.6 is 0 Å². The maximum absolute atomic E-state index is 7.00. The van der Waals surface area contributed by atoms with Gasteiger partial charge in [-0.1, -0.05) is 0 Å². The van der Waals surface area contributed by atoms with Crippen molar-refractivity contribution in [3.8, 4) is 0 Å². The first-order valence-corrected chi connectivity index (χ1v) is 1.79. The predicted octanol–water partition coefficient (Wildman–Crippen LogP) is 0.233. The van der Waals surface area contributed by atoms with Gasteiger partial charge in [-0.15, -0.1) is 0 Å². The van der Waals surface area contributed by atoms with E-state index in [2.05, 4.69) is 0 Å². The summed E-state index contributed by atoms with van der Waals surface area (Å²) < 4.78 is 0. The molecule has 0 unspecified atom stereocenters. The summed E-state index contributed by atoms with van der Waals surface area (Å²) in [5, 5.41) is 28.0. The average Bonchev–Trinajstić information content (AvgIpc) is 2.03. The number of hydrogen-bond donors (Lipinski definition) is 4. The summed E-state index contributed by atoms with van der Waals surface area (Å²) in [4.78, 5) is 0. The predicted molar refractivity (Wildman–Crippen MR) is 58.2 cm³/mol. The van der Waals surface area contributed by atoms with Crippen LogP contribution in [0, 0.1) is 29.7 Å². The minimum Gasteiger partial charge on any atom is -0.400 e. The Labute approximate surface area is 101 Å². The topological polar surface area (TPSA) is 80.9 Å². The fraction of sp³-hybridized carbons (Fsp3) is 0.500. The molecule has 5 heteroatoms. The van der Waals surface area contributed by atoms with Crippen LogP contribution < -0.4 is 0 Å². The number of aliphatic hydroxyl groups is 4. The van der Waals surface area contributed by atoms with Crippen molar-refractivity contribution in [3.63, 3.8) is 0 Å². The summed E-state index contributed by atoms with van der Waals surface area (Å²) in [5.74, 6) is 0. The van der Waals surface area contributed by atoms with Gasteiger partial charge in [0.05, 0.1) is 0 Å². The van der Waals surface area contributed by atoms with Crippen LogP contribution in [0.4, 0.5) is 0 Å². The summed E-state index contributed by atoms with van der Waals surface area (Å²) in [7, 11) is 4.00. The zero-order chi connectivity index (χ0) is 8.00. The van der Waals surface area contributed by atoms with Crippen molar-refractivity contribution in [2.75, 3.05) is 28.4 Å². The monoisotopic (exact) mass is 369 g/mol. The zero-order valence-electron chi connectivity index (χ0n) is 10.2. The molecule has 0 bridgehead atoms. The summed E-state index contributed by atoms with van der Waals surface area (Å²) in [6, 6.07) is 0. The third-order valence-corrected chi connectivity index (χ3v) is 0. The van der Waals surface area contributed by atoms with Crippen molar-refractivity contribution in [1.82, 2.24) is 0 Å². The number of hydrogen-bond acceptors (Lipinski definition) is 4. The van der Waals surface area contributed by atoms with Crippen LogP contribution in [0.15, 0.2) is 0 Å². The van der Waals surface area contributed by atoms with Gasteiger partial charge in [0.15, 0.2) is 0 Å². The van der Waals surface area contributed by atoms with E-state index in [1.807, 2.05) is 0 Å². The van der Waals surface area contributed by atoms with Crippen LogP contribution in [0.5, 0.6) is 0 Å². The van der Waals surface area contributed by atoms with Crippen molar-refractivity contribution in [3.05, 3.63) is 29.7 Å². The minimum absolute atomic E-state index is 0. The molecule has 0 aromatic heterocycles. The Morgan fingerprint density at radius 3 is 0.385 bits per heavy atom. The van der Waals surface area contributed by atoms with Crippen LogP contribution in [0.1, 0.15) is 0 Å². The first-order valence-electron chi connectivity index (χ1n) is 1.79. The Morgan fingerprint density at radius 1 is 0.385 bits per heavy atom. The molecule has 93 valence electrons. The molecule has 0 fully saturated rings. The maximum atomic E-state index is 7.00. The third kappa shape index (κ3) is 4180. The normalized spacial score (nSPS) is 1.85. The van der Waals surface area contributed by atoms with Crippen LogP contribution in [0.25, 0.3) is 0 Å². The van der Waals surface area contributed by atoms with Crippen LogP contribution in [0.3, 0.4) is 0 Å². The molecule has 0 atom stereocenters. The second-order valence-corrected chi connectivity index (χ2v) is 0. The molecule has 0 amide bonds. The molecule has 13 heavy (non-hydrogen) atoms. The van der Waals surface area contributed by atoms with Crippen LogP contribution in [0.2, 0.25) is 0 Å². The van der Waals surface area contributed by atoms with Gasteiger partial charge < -0.3 is 50.1 Å². The van der Waals surface area contributed by atoms with Crippen molar-refractivity contribution in [2.45, 2.75) is 0 Å². The molecular weight excluding hydrogens is 341 g/mol. The summed E-state index contributed by atoms with van der Waals surface area (Å²) in [5.41, 5.74) is 0. The fourth-order valence-electron chi connectivity index (χ4n) is 0. The largest absolute Gasteiger partial charge is 0.400 e. The van der Waals surface area contributed by atoms with E-state index in [9.17, 15) is 0 Å². The van der Waals surface area contributed by atoms with E-state index >= 15 is 0 Å². The van der Waals surface area contributed by atoms with Gasteiger partial charge in [-0.05, 0) is 0 Å². The molecule has 0 saturated carbocycles. The standard InChI is InChI=1S/4CH4O.4CH3.Ta/c4*1-2;;;;;/h4*2H,1H3;4*1H3;/q;;;;4*-1;. The summed E-state index contributed by atoms with van der Waals surface area (Å²) in [6.45, 7) is 0. The molecule has 0 aliphatic heterocycles. The summed E-state index contributed by atoms with van der Waals surface area (Å²) >= 11 is 0. The molecule has 0 saturated heterocycles. The Morgan fingerprint density at radius 2 is 0.385 bits per heavy atom.